The average molecular weight is 1490 g/mol. The molecule has 28 heteroatoms. The molecule has 0 saturated carbocycles. The number of benzene rings is 6. The molecule has 26 nitrogen and oxygen atoms in total. The normalized spacial score (nSPS) is 10.8. The first-order valence-corrected chi connectivity index (χ1v) is 34.2. The van der Waals surface area contributed by atoms with Crippen LogP contribution in [-0.4, -0.2) is 74.4 Å². The van der Waals surface area contributed by atoms with E-state index in [9.17, 15) is 23.6 Å². The lowest BCUT2D eigenvalue weighted by molar-refractivity contribution is 0.101. The van der Waals surface area contributed by atoms with Crippen LogP contribution in [0.5, 0.6) is 0 Å². The fourth-order valence-electron chi connectivity index (χ4n) is 10.8. The molecule has 0 saturated heterocycles. The van der Waals surface area contributed by atoms with Crippen molar-refractivity contribution in [3.05, 3.63) is 297 Å². The SMILES string of the molecule is Cc1ccc(C)c(C(=O)Nc2cccc(-c3nnc(-c4ccco4)o3)c2Cl)c1.Cc1ccc(C)c(C(=O)Nc2cccc(-c3nnc(-c4ccco4)o3)c2F)c1.Cc1ccc(C)c(C(=O)Nc2cccc(-c3nnc(-c4ccco4)o3)n2)c1.Cc1ccc(C)c(C(=O)Nc2cccc(-c3nnc(-c4ccco4)o3)n2)c1. The summed E-state index contributed by atoms with van der Waals surface area (Å²) in [6.07, 6.45) is 6.06. The Hall–Kier alpha value is -14.6. The molecule has 6 aromatic carbocycles. The number of furan rings is 4. The van der Waals surface area contributed by atoms with E-state index in [2.05, 4.69) is 72.0 Å². The van der Waals surface area contributed by atoms with E-state index in [1.54, 1.807) is 115 Å². The molecule has 110 heavy (non-hydrogen) atoms. The number of carbonyl (C=O) groups excluding carboxylic acids is 4. The second kappa shape index (κ2) is 33.2. The number of nitrogens with one attached hydrogen (secondary N) is 4. The van der Waals surface area contributed by atoms with Gasteiger partial charge in [0.05, 0.1) is 52.6 Å². The largest absolute Gasteiger partial charge is 0.459 e. The van der Waals surface area contributed by atoms with Gasteiger partial charge in [-0.3, -0.25) is 19.2 Å². The van der Waals surface area contributed by atoms with Gasteiger partial charge in [-0.2, -0.15) is 0 Å². The Morgan fingerprint density at radius 2 is 0.618 bits per heavy atom. The molecule has 548 valence electrons. The van der Waals surface area contributed by atoms with E-state index in [0.717, 1.165) is 44.5 Å². The number of hydrogen-bond acceptors (Lipinski definition) is 22. The number of hydrogen-bond donors (Lipinski definition) is 4. The molecule has 0 aliphatic carbocycles. The van der Waals surface area contributed by atoms with Crippen LogP contribution in [0.25, 0.3) is 92.7 Å². The van der Waals surface area contributed by atoms with Crippen molar-refractivity contribution in [1.82, 2.24) is 50.8 Å². The van der Waals surface area contributed by atoms with Crippen LogP contribution in [0, 0.1) is 61.2 Å². The zero-order valence-corrected chi connectivity index (χ0v) is 60.7. The predicted molar refractivity (Wildman–Crippen MR) is 406 cm³/mol. The molecule has 0 aliphatic rings. The first-order valence-electron chi connectivity index (χ1n) is 33.8. The molecule has 0 fully saturated rings. The summed E-state index contributed by atoms with van der Waals surface area (Å²) in [7, 11) is 0. The summed E-state index contributed by atoms with van der Waals surface area (Å²) >= 11 is 6.51. The fourth-order valence-corrected chi connectivity index (χ4v) is 11.1. The van der Waals surface area contributed by atoms with Gasteiger partial charge in [-0.25, -0.2) is 14.4 Å². The standard InChI is InChI=1S/C21H16ClN3O3.C21H16FN3O3.2C20H16N4O3/c2*1-12-8-9-13(2)15(11-12)19(26)23-16-6-3-5-14(18(16)22)20-24-25-21(28-20)17-7-4-10-27-17;2*1-12-8-9-13(2)14(11-12)18(25)22-17-7-3-5-15(21-17)19-23-24-20(27-19)16-6-4-10-26-16/h2*3-11H,1-2H3,(H,23,26);2*3-11H,1-2H3,(H,21,22,25). The molecule has 0 aliphatic heterocycles. The van der Waals surface area contributed by atoms with Crippen LogP contribution in [0.4, 0.5) is 27.4 Å². The van der Waals surface area contributed by atoms with Crippen LogP contribution >= 0.6 is 11.6 Å². The van der Waals surface area contributed by atoms with Crippen LogP contribution in [0.1, 0.15) is 85.9 Å². The third kappa shape index (κ3) is 17.5. The lowest BCUT2D eigenvalue weighted by Gasteiger charge is -2.11. The van der Waals surface area contributed by atoms with Crippen LogP contribution in [-0.2, 0) is 0 Å². The fraction of sp³-hybridized carbons (Fsp3) is 0.0976. The molecule has 16 aromatic rings. The predicted octanol–water partition coefficient (Wildman–Crippen LogP) is 19.0. The van der Waals surface area contributed by atoms with Gasteiger partial charge < -0.3 is 56.6 Å². The van der Waals surface area contributed by atoms with Crippen LogP contribution < -0.4 is 21.3 Å². The van der Waals surface area contributed by atoms with Gasteiger partial charge in [-0.1, -0.05) is 107 Å². The highest BCUT2D eigenvalue weighted by Crippen LogP contribution is 2.36. The molecule has 0 spiro atoms. The molecular weight excluding hydrogens is 1430 g/mol. The van der Waals surface area contributed by atoms with Crippen molar-refractivity contribution in [2.45, 2.75) is 55.4 Å². The van der Waals surface area contributed by atoms with Gasteiger partial charge in [0.1, 0.15) is 23.0 Å². The molecule has 0 unspecified atom stereocenters. The van der Waals surface area contributed by atoms with E-state index in [4.69, 9.17) is 46.9 Å². The zero-order valence-electron chi connectivity index (χ0n) is 59.9. The minimum atomic E-state index is -0.657. The highest BCUT2D eigenvalue weighted by Gasteiger charge is 2.24. The summed E-state index contributed by atoms with van der Waals surface area (Å²) in [6, 6.07) is 56.7. The Labute approximate surface area is 630 Å². The van der Waals surface area contributed by atoms with E-state index >= 15 is 0 Å². The van der Waals surface area contributed by atoms with Crippen molar-refractivity contribution >= 4 is 58.2 Å². The maximum absolute atomic E-state index is 15.0. The molecule has 16 rings (SSSR count). The number of nitrogens with zero attached hydrogens (tertiary/aromatic N) is 10. The van der Waals surface area contributed by atoms with Gasteiger partial charge in [-0.05, 0) is 199 Å². The Morgan fingerprint density at radius 3 is 0.982 bits per heavy atom. The number of carbonyl (C=O) groups is 4. The van der Waals surface area contributed by atoms with Gasteiger partial charge in [0.2, 0.25) is 5.89 Å². The van der Waals surface area contributed by atoms with E-state index in [0.29, 0.717) is 84.6 Å². The van der Waals surface area contributed by atoms with Crippen molar-refractivity contribution in [3.63, 3.8) is 0 Å². The lowest BCUT2D eigenvalue weighted by atomic mass is 10.0. The van der Waals surface area contributed by atoms with Crippen molar-refractivity contribution in [2.24, 2.45) is 0 Å². The van der Waals surface area contributed by atoms with E-state index in [-0.39, 0.29) is 82.0 Å². The summed E-state index contributed by atoms with van der Waals surface area (Å²) in [4.78, 5) is 59.3. The first-order chi connectivity index (χ1) is 53.2. The van der Waals surface area contributed by atoms with E-state index in [1.165, 1.54) is 37.2 Å². The molecule has 4 amide bonds. The quantitative estimate of drug-likeness (QED) is 0.0698. The third-order valence-electron chi connectivity index (χ3n) is 16.6. The van der Waals surface area contributed by atoms with Crippen molar-refractivity contribution in [2.75, 3.05) is 21.3 Å². The third-order valence-corrected chi connectivity index (χ3v) is 17.0. The van der Waals surface area contributed by atoms with Gasteiger partial charge in [0.25, 0.3) is 64.9 Å². The average Bonchev–Trinajstić information content (AvgIpc) is 1.57. The van der Waals surface area contributed by atoms with Crippen LogP contribution in [0.2, 0.25) is 5.02 Å². The summed E-state index contributed by atoms with van der Waals surface area (Å²) in [5.74, 6) is 2.52. The Bertz CT molecular complexity index is 5590. The molecule has 4 N–H and O–H groups in total. The summed E-state index contributed by atoms with van der Waals surface area (Å²) in [5.41, 5.74) is 11.8. The smallest absolute Gasteiger partial charge is 0.283 e. The molecule has 0 radical (unpaired) electrons. The maximum Gasteiger partial charge on any atom is 0.283 e. The lowest BCUT2D eigenvalue weighted by Crippen LogP contribution is -2.14. The highest BCUT2D eigenvalue weighted by atomic mass is 35.5. The van der Waals surface area contributed by atoms with Crippen molar-refractivity contribution < 1.29 is 58.9 Å². The van der Waals surface area contributed by atoms with Crippen molar-refractivity contribution in [1.29, 1.82) is 0 Å². The number of anilines is 4. The molecule has 0 bridgehead atoms. The Morgan fingerprint density at radius 1 is 0.318 bits per heavy atom. The minimum absolute atomic E-state index is 0.00765. The molecule has 10 heterocycles. The zero-order chi connectivity index (χ0) is 77.0. The number of pyridine rings is 2. The Kier molecular flexibility index (Phi) is 22.3. The topological polar surface area (TPSA) is 350 Å². The van der Waals surface area contributed by atoms with E-state index < -0.39 is 5.82 Å². The van der Waals surface area contributed by atoms with E-state index in [1.807, 2.05) is 122 Å². The summed E-state index contributed by atoms with van der Waals surface area (Å²) in [6.45, 7) is 15.2. The second-order valence-electron chi connectivity index (χ2n) is 24.8. The maximum atomic E-state index is 15.0. The minimum Gasteiger partial charge on any atom is -0.459 e. The molecular formula is C82H64ClFN14O12. The summed E-state index contributed by atoms with van der Waals surface area (Å²) < 4.78 is 58.3. The molecule has 0 atom stereocenters. The summed E-state index contributed by atoms with van der Waals surface area (Å²) in [5, 5.41) is 43.1. The number of aromatic nitrogens is 10. The highest BCUT2D eigenvalue weighted by molar-refractivity contribution is 6.36. The number of amides is 4. The number of halogens is 2. The monoisotopic (exact) mass is 1490 g/mol. The molecule has 10 aromatic heterocycles. The van der Waals surface area contributed by atoms with Gasteiger partial charge in [0.15, 0.2) is 28.9 Å². The number of rotatable bonds is 16. The Balaban J connectivity index is 0.000000129. The van der Waals surface area contributed by atoms with Gasteiger partial charge in [0, 0.05) is 22.3 Å². The van der Waals surface area contributed by atoms with Crippen LogP contribution in [0.3, 0.4) is 0 Å². The first kappa shape index (κ1) is 73.7. The van der Waals surface area contributed by atoms with Gasteiger partial charge >= 0.3 is 0 Å². The number of aryl methyl sites for hydroxylation is 8. The van der Waals surface area contributed by atoms with Gasteiger partial charge in [-0.15, -0.1) is 40.8 Å². The van der Waals surface area contributed by atoms with Crippen molar-refractivity contribution in [3.8, 4) is 92.7 Å². The second-order valence-corrected chi connectivity index (χ2v) is 25.2. The van der Waals surface area contributed by atoms with Crippen LogP contribution in [0.15, 0.2) is 255 Å².